The van der Waals surface area contributed by atoms with Crippen LogP contribution < -0.4 is 0 Å². The first-order chi connectivity index (χ1) is 7.00. The summed E-state index contributed by atoms with van der Waals surface area (Å²) in [5, 5.41) is 8.46. The fourth-order valence-electron chi connectivity index (χ4n) is 0.644. The Morgan fingerprint density at radius 1 is 1.13 bits per heavy atom. The molecule has 1 heterocycles. The van der Waals surface area contributed by atoms with E-state index in [0.29, 0.717) is 12.2 Å². The number of carbonyl (C=O) groups is 4. The van der Waals surface area contributed by atoms with Crippen LogP contribution >= 0.6 is 0 Å². The summed E-state index contributed by atoms with van der Waals surface area (Å²) >= 11 is 0. The van der Waals surface area contributed by atoms with Gasteiger partial charge in [0.25, 0.3) is 6.10 Å². The summed E-state index contributed by atoms with van der Waals surface area (Å²) in [4.78, 5) is 50.3. The number of aliphatic carboxylic acids is 1. The maximum absolute atomic E-state index is 10.9. The number of carboxylic acids is 1. The maximum Gasteiger partial charge on any atom is 0.407 e. The quantitative estimate of drug-likeness (QED) is 0.321. The van der Waals surface area contributed by atoms with E-state index in [9.17, 15) is 19.2 Å². The highest BCUT2D eigenvalue weighted by molar-refractivity contribution is 6.01. The Kier molecular flexibility index (Phi) is 3.01. The normalized spacial score (nSPS) is 23.7. The lowest BCUT2D eigenvalue weighted by Gasteiger charge is -2.08. The Hall–Kier alpha value is -2.38. The third-order valence-electron chi connectivity index (χ3n) is 1.23. The van der Waals surface area contributed by atoms with E-state index >= 15 is 0 Å². The van der Waals surface area contributed by atoms with Crippen molar-refractivity contribution in [2.45, 2.75) is 6.10 Å². The molecule has 0 saturated heterocycles. The van der Waals surface area contributed by atoms with Crippen molar-refractivity contribution in [2.75, 3.05) is 0 Å². The maximum atomic E-state index is 10.9. The first kappa shape index (κ1) is 10.7. The Bertz CT molecular complexity index is 354. The fourth-order valence-corrected chi connectivity index (χ4v) is 0.644. The summed E-state index contributed by atoms with van der Waals surface area (Å²) in [5.41, 5.74) is 0. The van der Waals surface area contributed by atoms with Crippen molar-refractivity contribution in [3.63, 3.8) is 0 Å². The molecule has 0 radical (unpaired) electrons. The van der Waals surface area contributed by atoms with E-state index in [4.69, 9.17) is 5.11 Å². The fraction of sp³-hybridized carbons (Fsp3) is 0.143. The Morgan fingerprint density at radius 2 is 1.73 bits per heavy atom. The molecule has 0 aliphatic carbocycles. The van der Waals surface area contributed by atoms with Crippen molar-refractivity contribution in [1.29, 1.82) is 0 Å². The molecule has 1 N–H and O–H groups in total. The van der Waals surface area contributed by atoms with E-state index in [2.05, 4.69) is 14.5 Å². The van der Waals surface area contributed by atoms with E-state index in [0.717, 1.165) is 0 Å². The first-order valence-corrected chi connectivity index (χ1v) is 3.54. The van der Waals surface area contributed by atoms with Gasteiger partial charge in [0, 0.05) is 12.2 Å². The molecule has 8 nitrogen and oxygen atoms in total. The lowest BCUT2D eigenvalue weighted by molar-refractivity contribution is -0.260. The molecule has 0 spiro atoms. The summed E-state index contributed by atoms with van der Waals surface area (Å²) in [7, 11) is 0. The summed E-state index contributed by atoms with van der Waals surface area (Å²) in [6.45, 7) is 0. The molecule has 1 atom stereocenters. The van der Waals surface area contributed by atoms with Crippen LogP contribution in [0.25, 0.3) is 0 Å². The minimum atomic E-state index is -2.16. The molecular formula is C7H4O8. The summed E-state index contributed by atoms with van der Waals surface area (Å²) in [6, 6.07) is 0. The van der Waals surface area contributed by atoms with Crippen LogP contribution in [0.2, 0.25) is 0 Å². The van der Waals surface area contributed by atoms with Crippen LogP contribution in [0.5, 0.6) is 0 Å². The molecular weight excluding hydrogens is 212 g/mol. The van der Waals surface area contributed by atoms with Crippen molar-refractivity contribution in [2.24, 2.45) is 0 Å². The van der Waals surface area contributed by atoms with E-state index in [1.165, 1.54) is 0 Å². The van der Waals surface area contributed by atoms with Crippen molar-refractivity contribution in [3.8, 4) is 0 Å². The van der Waals surface area contributed by atoms with Crippen molar-refractivity contribution in [1.82, 2.24) is 0 Å². The number of esters is 1. The number of cyclic esters (lactones) is 1. The Labute approximate surface area is 81.9 Å². The van der Waals surface area contributed by atoms with Crippen LogP contribution in [0.3, 0.4) is 0 Å². The second kappa shape index (κ2) is 4.22. The smallest absolute Gasteiger partial charge is 0.407 e. The lowest BCUT2D eigenvalue weighted by Crippen LogP contribution is -2.35. The van der Waals surface area contributed by atoms with Gasteiger partial charge in [-0.3, -0.25) is 0 Å². The van der Waals surface area contributed by atoms with Gasteiger partial charge in [-0.1, -0.05) is 0 Å². The molecule has 0 bridgehead atoms. The standard InChI is InChI=1S/C7H4O8/c8-3-1-2-4(9)14-15-7(12)5(13-3)6(10)11/h1-2,5H,(H,10,11)/b2-1-. The highest BCUT2D eigenvalue weighted by Gasteiger charge is 2.34. The second-order valence-corrected chi connectivity index (χ2v) is 2.29. The minimum Gasteiger partial charge on any atom is -0.478 e. The molecule has 80 valence electrons. The molecule has 0 aromatic heterocycles. The van der Waals surface area contributed by atoms with Crippen molar-refractivity contribution >= 4 is 23.9 Å². The predicted octanol–water partition coefficient (Wildman–Crippen LogP) is -1.45. The zero-order valence-corrected chi connectivity index (χ0v) is 7.04. The van der Waals surface area contributed by atoms with Crippen molar-refractivity contribution in [3.05, 3.63) is 12.2 Å². The van der Waals surface area contributed by atoms with Crippen LogP contribution in [0.15, 0.2) is 12.2 Å². The highest BCUT2D eigenvalue weighted by atomic mass is 17.2. The zero-order chi connectivity index (χ0) is 11.4. The largest absolute Gasteiger partial charge is 0.478 e. The monoisotopic (exact) mass is 216 g/mol. The van der Waals surface area contributed by atoms with Crippen LogP contribution in [0.4, 0.5) is 0 Å². The van der Waals surface area contributed by atoms with Crippen LogP contribution in [0.1, 0.15) is 0 Å². The minimum absolute atomic E-state index is 0.611. The highest BCUT2D eigenvalue weighted by Crippen LogP contribution is 2.02. The molecule has 0 fully saturated rings. The van der Waals surface area contributed by atoms with Crippen LogP contribution in [0, 0.1) is 0 Å². The van der Waals surface area contributed by atoms with Gasteiger partial charge in [0.2, 0.25) is 0 Å². The van der Waals surface area contributed by atoms with Gasteiger partial charge in [-0.25, -0.2) is 29.0 Å². The van der Waals surface area contributed by atoms with Crippen LogP contribution in [-0.2, 0) is 33.7 Å². The number of rotatable bonds is 1. The van der Waals surface area contributed by atoms with Crippen molar-refractivity contribution < 1.29 is 38.8 Å². The predicted molar refractivity (Wildman–Crippen MR) is 38.8 cm³/mol. The molecule has 8 heteroatoms. The Balaban J connectivity index is 2.89. The second-order valence-electron chi connectivity index (χ2n) is 2.29. The number of hydrogen-bond acceptors (Lipinski definition) is 7. The summed E-state index contributed by atoms with van der Waals surface area (Å²) in [5.74, 6) is -5.54. The molecule has 1 aliphatic heterocycles. The van der Waals surface area contributed by atoms with Gasteiger partial charge in [-0.05, 0) is 0 Å². The number of ether oxygens (including phenoxy) is 1. The van der Waals surface area contributed by atoms with Gasteiger partial charge in [0.05, 0.1) is 0 Å². The average molecular weight is 216 g/mol. The average Bonchev–Trinajstić information content (AvgIpc) is 2.23. The van der Waals surface area contributed by atoms with Gasteiger partial charge in [-0.2, -0.15) is 0 Å². The topological polar surface area (TPSA) is 116 Å². The summed E-state index contributed by atoms with van der Waals surface area (Å²) in [6.07, 6.45) is -0.923. The van der Waals surface area contributed by atoms with Gasteiger partial charge in [0.15, 0.2) is 0 Å². The molecule has 1 aliphatic rings. The zero-order valence-electron chi connectivity index (χ0n) is 7.04. The van der Waals surface area contributed by atoms with E-state index in [1.54, 1.807) is 0 Å². The van der Waals surface area contributed by atoms with E-state index < -0.39 is 30.0 Å². The van der Waals surface area contributed by atoms with E-state index in [-0.39, 0.29) is 0 Å². The third kappa shape index (κ3) is 2.79. The molecule has 15 heavy (non-hydrogen) atoms. The Morgan fingerprint density at radius 3 is 2.33 bits per heavy atom. The third-order valence-corrected chi connectivity index (χ3v) is 1.23. The van der Waals surface area contributed by atoms with Crippen LogP contribution in [-0.4, -0.2) is 35.1 Å². The van der Waals surface area contributed by atoms with Gasteiger partial charge >= 0.3 is 23.9 Å². The lowest BCUT2D eigenvalue weighted by atomic mass is 10.3. The molecule has 0 aromatic carbocycles. The number of hydrogen-bond donors (Lipinski definition) is 1. The number of carboxylic acid groups (broad SMARTS) is 1. The van der Waals surface area contributed by atoms with Gasteiger partial charge < -0.3 is 9.84 Å². The van der Waals surface area contributed by atoms with Gasteiger partial charge in [-0.15, -0.1) is 0 Å². The molecule has 1 rings (SSSR count). The molecule has 0 amide bonds. The SMILES string of the molecule is O=C1/C=C\C(=O)OC(C(=O)O)C(=O)OO1. The van der Waals surface area contributed by atoms with E-state index in [1.807, 2.05) is 0 Å². The van der Waals surface area contributed by atoms with Gasteiger partial charge in [0.1, 0.15) is 0 Å². The molecule has 0 saturated carbocycles. The summed E-state index contributed by atoms with van der Waals surface area (Å²) < 4.78 is 4.16. The first-order valence-electron chi connectivity index (χ1n) is 3.54. The molecule has 0 aromatic rings. The molecule has 1 unspecified atom stereocenters. The number of carbonyl (C=O) groups excluding carboxylic acids is 3.